The Morgan fingerprint density at radius 2 is 1.95 bits per heavy atom. The van der Waals surface area contributed by atoms with E-state index in [4.69, 9.17) is 0 Å². The Morgan fingerprint density at radius 1 is 1.10 bits per heavy atom. The number of halogens is 1. The van der Waals surface area contributed by atoms with Crippen molar-refractivity contribution in [2.45, 2.75) is 13.0 Å². The molecule has 0 fully saturated rings. The molecule has 0 unspecified atom stereocenters. The van der Waals surface area contributed by atoms with Crippen molar-refractivity contribution in [2.75, 3.05) is 13.6 Å². The predicted octanol–water partition coefficient (Wildman–Crippen LogP) is 4.60. The maximum absolute atomic E-state index is 3.53. The molecule has 3 aromatic rings. The second-order valence-electron chi connectivity index (χ2n) is 5.48. The van der Waals surface area contributed by atoms with Gasteiger partial charge >= 0.3 is 0 Å². The van der Waals surface area contributed by atoms with Crippen molar-refractivity contribution in [3.8, 4) is 0 Å². The molecule has 2 nitrogen and oxygen atoms in total. The van der Waals surface area contributed by atoms with Crippen LogP contribution in [0.3, 0.4) is 0 Å². The number of fused-ring (bicyclic) bond motifs is 1. The summed E-state index contributed by atoms with van der Waals surface area (Å²) in [6, 6.07) is 17.0. The third kappa shape index (κ3) is 3.55. The van der Waals surface area contributed by atoms with Gasteiger partial charge in [0.25, 0.3) is 0 Å². The van der Waals surface area contributed by atoms with Crippen LogP contribution in [0.4, 0.5) is 0 Å². The normalized spacial score (nSPS) is 11.4. The van der Waals surface area contributed by atoms with Crippen molar-refractivity contribution in [3.63, 3.8) is 0 Å². The lowest BCUT2D eigenvalue weighted by Crippen LogP contribution is -2.20. The second kappa shape index (κ2) is 6.46. The molecular formula is C18H19BrN2. The maximum Gasteiger partial charge on any atom is 0.0456 e. The van der Waals surface area contributed by atoms with Crippen molar-refractivity contribution < 1.29 is 0 Å². The standard InChI is InChI=1S/C18H19BrN2/c1-21(13-14-5-4-6-16(19)11-14)10-9-15-12-20-18-8-3-2-7-17(15)18/h2-8,11-12,20H,9-10,13H2,1H3. The van der Waals surface area contributed by atoms with Gasteiger partial charge in [0.1, 0.15) is 0 Å². The Labute approximate surface area is 133 Å². The van der Waals surface area contributed by atoms with Crippen LogP contribution >= 0.6 is 15.9 Å². The lowest BCUT2D eigenvalue weighted by Gasteiger charge is -2.16. The number of hydrogen-bond donors (Lipinski definition) is 1. The quantitative estimate of drug-likeness (QED) is 0.717. The molecule has 0 aliphatic heterocycles. The molecule has 3 heteroatoms. The highest BCUT2D eigenvalue weighted by Crippen LogP contribution is 2.18. The number of benzene rings is 2. The summed E-state index contributed by atoms with van der Waals surface area (Å²) in [5.74, 6) is 0. The number of nitrogens with zero attached hydrogens (tertiary/aromatic N) is 1. The minimum atomic E-state index is 0.974. The first-order valence-electron chi connectivity index (χ1n) is 7.20. The van der Waals surface area contributed by atoms with Crippen LogP contribution in [-0.4, -0.2) is 23.5 Å². The van der Waals surface area contributed by atoms with Gasteiger partial charge < -0.3 is 9.88 Å². The molecule has 1 aromatic heterocycles. The number of nitrogens with one attached hydrogen (secondary N) is 1. The largest absolute Gasteiger partial charge is 0.361 e. The van der Waals surface area contributed by atoms with Gasteiger partial charge in [-0.05, 0) is 42.8 Å². The zero-order valence-electron chi connectivity index (χ0n) is 12.1. The second-order valence-corrected chi connectivity index (χ2v) is 6.39. The molecule has 21 heavy (non-hydrogen) atoms. The summed E-state index contributed by atoms with van der Waals surface area (Å²) in [5, 5.41) is 1.34. The van der Waals surface area contributed by atoms with Crippen LogP contribution in [-0.2, 0) is 13.0 Å². The number of rotatable bonds is 5. The summed E-state index contributed by atoms with van der Waals surface area (Å²) in [4.78, 5) is 5.71. The zero-order chi connectivity index (χ0) is 14.7. The number of aromatic nitrogens is 1. The van der Waals surface area contributed by atoms with Crippen molar-refractivity contribution in [2.24, 2.45) is 0 Å². The summed E-state index contributed by atoms with van der Waals surface area (Å²) in [7, 11) is 2.18. The molecule has 2 aromatic carbocycles. The molecule has 1 N–H and O–H groups in total. The SMILES string of the molecule is CN(CCc1c[nH]c2ccccc12)Cc1cccc(Br)c1. The zero-order valence-corrected chi connectivity index (χ0v) is 13.7. The van der Waals surface area contributed by atoms with Gasteiger partial charge in [0, 0.05) is 34.7 Å². The van der Waals surface area contributed by atoms with Crippen LogP contribution in [0, 0.1) is 0 Å². The van der Waals surface area contributed by atoms with E-state index in [1.165, 1.54) is 22.0 Å². The Kier molecular flexibility index (Phi) is 4.42. The molecule has 0 aliphatic rings. The predicted molar refractivity (Wildman–Crippen MR) is 92.5 cm³/mol. The van der Waals surface area contributed by atoms with E-state index in [0.717, 1.165) is 24.0 Å². The van der Waals surface area contributed by atoms with E-state index >= 15 is 0 Å². The summed E-state index contributed by atoms with van der Waals surface area (Å²) < 4.78 is 1.14. The average Bonchev–Trinajstić information content (AvgIpc) is 2.88. The van der Waals surface area contributed by atoms with Crippen LogP contribution in [0.1, 0.15) is 11.1 Å². The summed E-state index contributed by atoms with van der Waals surface area (Å²) in [6.45, 7) is 2.02. The summed E-state index contributed by atoms with van der Waals surface area (Å²) >= 11 is 3.53. The Bertz CT molecular complexity index is 733. The number of likely N-dealkylation sites (N-methyl/N-ethyl adjacent to an activating group) is 1. The van der Waals surface area contributed by atoms with Crippen LogP contribution in [0.5, 0.6) is 0 Å². The van der Waals surface area contributed by atoms with Crippen LogP contribution < -0.4 is 0 Å². The molecule has 3 rings (SSSR count). The highest BCUT2D eigenvalue weighted by molar-refractivity contribution is 9.10. The lowest BCUT2D eigenvalue weighted by atomic mass is 10.1. The number of para-hydroxylation sites is 1. The van der Waals surface area contributed by atoms with Crippen molar-refractivity contribution in [3.05, 3.63) is 70.3 Å². The van der Waals surface area contributed by atoms with Crippen molar-refractivity contribution in [1.82, 2.24) is 9.88 Å². The molecule has 0 saturated carbocycles. The minimum Gasteiger partial charge on any atom is -0.361 e. The number of aromatic amines is 1. The van der Waals surface area contributed by atoms with E-state index < -0.39 is 0 Å². The molecule has 0 spiro atoms. The fourth-order valence-corrected chi connectivity index (χ4v) is 3.12. The van der Waals surface area contributed by atoms with E-state index in [-0.39, 0.29) is 0 Å². The molecule has 0 aliphatic carbocycles. The molecule has 0 atom stereocenters. The third-order valence-corrected chi connectivity index (χ3v) is 4.27. The van der Waals surface area contributed by atoms with Crippen molar-refractivity contribution in [1.29, 1.82) is 0 Å². The van der Waals surface area contributed by atoms with E-state index in [2.05, 4.69) is 87.6 Å². The van der Waals surface area contributed by atoms with Gasteiger partial charge in [-0.3, -0.25) is 0 Å². The average molecular weight is 343 g/mol. The number of H-pyrrole nitrogens is 1. The van der Waals surface area contributed by atoms with Crippen molar-refractivity contribution >= 4 is 26.8 Å². The molecule has 1 heterocycles. The smallest absolute Gasteiger partial charge is 0.0456 e. The first-order valence-corrected chi connectivity index (χ1v) is 7.99. The minimum absolute atomic E-state index is 0.974. The molecular weight excluding hydrogens is 324 g/mol. The summed E-state index contributed by atoms with van der Waals surface area (Å²) in [6.07, 6.45) is 3.20. The molecule has 0 amide bonds. The van der Waals surface area contributed by atoms with Gasteiger partial charge in [-0.15, -0.1) is 0 Å². The van der Waals surface area contributed by atoms with Gasteiger partial charge in [-0.2, -0.15) is 0 Å². The molecule has 0 bridgehead atoms. The molecule has 108 valence electrons. The third-order valence-electron chi connectivity index (χ3n) is 3.78. The highest BCUT2D eigenvalue weighted by Gasteiger charge is 2.05. The first-order chi connectivity index (χ1) is 10.2. The highest BCUT2D eigenvalue weighted by atomic mass is 79.9. The van der Waals surface area contributed by atoms with Gasteiger partial charge in [0.05, 0.1) is 0 Å². The maximum atomic E-state index is 3.53. The van der Waals surface area contributed by atoms with Crippen LogP contribution in [0.2, 0.25) is 0 Å². The van der Waals surface area contributed by atoms with Crippen LogP contribution in [0.15, 0.2) is 59.2 Å². The lowest BCUT2D eigenvalue weighted by molar-refractivity contribution is 0.331. The monoisotopic (exact) mass is 342 g/mol. The van der Waals surface area contributed by atoms with Gasteiger partial charge in [0.15, 0.2) is 0 Å². The Morgan fingerprint density at radius 3 is 2.81 bits per heavy atom. The van der Waals surface area contributed by atoms with E-state index in [0.29, 0.717) is 0 Å². The topological polar surface area (TPSA) is 19.0 Å². The molecule has 0 radical (unpaired) electrons. The molecule has 0 saturated heterocycles. The van der Waals surface area contributed by atoms with Gasteiger partial charge in [0.2, 0.25) is 0 Å². The van der Waals surface area contributed by atoms with Crippen LogP contribution in [0.25, 0.3) is 10.9 Å². The fourth-order valence-electron chi connectivity index (χ4n) is 2.68. The van der Waals surface area contributed by atoms with E-state index in [1.807, 2.05) is 0 Å². The van der Waals surface area contributed by atoms with Gasteiger partial charge in [-0.25, -0.2) is 0 Å². The Hall–Kier alpha value is -1.58. The summed E-state index contributed by atoms with van der Waals surface area (Å²) in [5.41, 5.74) is 3.96. The first kappa shape index (κ1) is 14.4. The van der Waals surface area contributed by atoms with Gasteiger partial charge in [-0.1, -0.05) is 46.3 Å². The van der Waals surface area contributed by atoms with E-state index in [9.17, 15) is 0 Å². The number of hydrogen-bond acceptors (Lipinski definition) is 1. The fraction of sp³-hybridized carbons (Fsp3) is 0.222. The van der Waals surface area contributed by atoms with E-state index in [1.54, 1.807) is 0 Å². The Balaban J connectivity index is 1.62.